The van der Waals surface area contributed by atoms with E-state index in [1.165, 1.54) is 12.1 Å². The molecule has 0 aromatic heterocycles. The molecule has 1 unspecified atom stereocenters. The van der Waals surface area contributed by atoms with Crippen LogP contribution in [0.5, 0.6) is 0 Å². The lowest BCUT2D eigenvalue weighted by Gasteiger charge is -2.13. The molecule has 3 N–H and O–H groups in total. The van der Waals surface area contributed by atoms with Crippen molar-refractivity contribution in [2.45, 2.75) is 32.2 Å². The summed E-state index contributed by atoms with van der Waals surface area (Å²) in [4.78, 5) is 34.0. The van der Waals surface area contributed by atoms with Crippen molar-refractivity contribution in [3.8, 4) is 0 Å². The Bertz CT molecular complexity index is 595. The SMILES string of the molecule is CC(CCC(=O)O)NC(=O)CCNC(=O)c1cc(F)ccc1Br. The van der Waals surface area contributed by atoms with E-state index in [0.29, 0.717) is 10.9 Å². The second-order valence-electron chi connectivity index (χ2n) is 5.03. The predicted molar refractivity (Wildman–Crippen MR) is 85.5 cm³/mol. The van der Waals surface area contributed by atoms with Crippen molar-refractivity contribution >= 4 is 33.7 Å². The molecule has 6 nitrogen and oxygen atoms in total. The number of aliphatic carboxylic acids is 1. The van der Waals surface area contributed by atoms with Gasteiger partial charge in [-0.25, -0.2) is 4.39 Å². The van der Waals surface area contributed by atoms with Crippen molar-refractivity contribution in [2.75, 3.05) is 6.54 Å². The number of rotatable bonds is 8. The van der Waals surface area contributed by atoms with E-state index in [0.717, 1.165) is 6.07 Å². The van der Waals surface area contributed by atoms with E-state index >= 15 is 0 Å². The fourth-order valence-electron chi connectivity index (χ4n) is 1.82. The Morgan fingerprint density at radius 3 is 2.65 bits per heavy atom. The minimum Gasteiger partial charge on any atom is -0.481 e. The molecule has 1 aromatic rings. The van der Waals surface area contributed by atoms with Crippen LogP contribution in [0.1, 0.15) is 36.5 Å². The molecule has 0 saturated heterocycles. The fraction of sp³-hybridized carbons (Fsp3) is 0.400. The molecule has 0 fully saturated rings. The van der Waals surface area contributed by atoms with Gasteiger partial charge in [0.05, 0.1) is 5.56 Å². The molecule has 126 valence electrons. The summed E-state index contributed by atoms with van der Waals surface area (Å²) < 4.78 is 13.6. The number of halogens is 2. The van der Waals surface area contributed by atoms with Gasteiger partial charge < -0.3 is 15.7 Å². The topological polar surface area (TPSA) is 95.5 Å². The largest absolute Gasteiger partial charge is 0.481 e. The van der Waals surface area contributed by atoms with Crippen LogP contribution in [0.4, 0.5) is 4.39 Å². The number of hydrogen-bond donors (Lipinski definition) is 3. The van der Waals surface area contributed by atoms with E-state index in [-0.39, 0.29) is 36.9 Å². The summed E-state index contributed by atoms with van der Waals surface area (Å²) >= 11 is 3.16. The highest BCUT2D eigenvalue weighted by Crippen LogP contribution is 2.17. The number of nitrogens with one attached hydrogen (secondary N) is 2. The van der Waals surface area contributed by atoms with Crippen molar-refractivity contribution < 1.29 is 23.9 Å². The highest BCUT2D eigenvalue weighted by atomic mass is 79.9. The number of benzene rings is 1. The number of hydrogen-bond acceptors (Lipinski definition) is 3. The Labute approximate surface area is 141 Å². The molecule has 8 heteroatoms. The van der Waals surface area contributed by atoms with Crippen molar-refractivity contribution in [3.05, 3.63) is 34.1 Å². The van der Waals surface area contributed by atoms with E-state index in [1.807, 2.05) is 0 Å². The maximum atomic E-state index is 13.1. The van der Waals surface area contributed by atoms with E-state index in [2.05, 4.69) is 26.6 Å². The molecule has 0 aliphatic carbocycles. The molecule has 0 bridgehead atoms. The maximum absolute atomic E-state index is 13.1. The molecule has 2 amide bonds. The zero-order valence-electron chi connectivity index (χ0n) is 12.6. The second-order valence-corrected chi connectivity index (χ2v) is 5.89. The van der Waals surface area contributed by atoms with Crippen LogP contribution in [0.2, 0.25) is 0 Å². The summed E-state index contributed by atoms with van der Waals surface area (Å²) in [6.45, 7) is 1.81. The van der Waals surface area contributed by atoms with Crippen LogP contribution in [-0.2, 0) is 9.59 Å². The van der Waals surface area contributed by atoms with Crippen LogP contribution in [0.25, 0.3) is 0 Å². The van der Waals surface area contributed by atoms with E-state index in [9.17, 15) is 18.8 Å². The second kappa shape index (κ2) is 9.24. The molecular weight excluding hydrogens is 371 g/mol. The lowest BCUT2D eigenvalue weighted by Crippen LogP contribution is -2.35. The van der Waals surface area contributed by atoms with Crippen LogP contribution in [0.15, 0.2) is 22.7 Å². The molecule has 23 heavy (non-hydrogen) atoms. The number of carboxylic acid groups (broad SMARTS) is 1. The van der Waals surface area contributed by atoms with Gasteiger partial charge in [-0.15, -0.1) is 0 Å². The first-order valence-corrected chi connectivity index (χ1v) is 7.83. The van der Waals surface area contributed by atoms with Gasteiger partial charge in [-0.05, 0) is 47.5 Å². The predicted octanol–water partition coefficient (Wildman–Crippen LogP) is 2.08. The molecule has 1 rings (SSSR count). The standard InChI is InChI=1S/C15H18BrFN2O4/c1-9(2-5-14(21)22)19-13(20)6-7-18-15(23)11-8-10(17)3-4-12(11)16/h3-4,8-9H,2,5-7H2,1H3,(H,18,23)(H,19,20)(H,21,22). The van der Waals surface area contributed by atoms with Gasteiger partial charge in [-0.1, -0.05) is 0 Å². The van der Waals surface area contributed by atoms with Gasteiger partial charge in [-0.3, -0.25) is 14.4 Å². The van der Waals surface area contributed by atoms with Crippen LogP contribution < -0.4 is 10.6 Å². The lowest BCUT2D eigenvalue weighted by molar-refractivity contribution is -0.137. The molecule has 0 spiro atoms. The summed E-state index contributed by atoms with van der Waals surface area (Å²) in [5.41, 5.74) is 0.153. The minimum atomic E-state index is -0.918. The van der Waals surface area contributed by atoms with Gasteiger partial charge >= 0.3 is 5.97 Å². The maximum Gasteiger partial charge on any atom is 0.303 e. The number of amides is 2. The third-order valence-electron chi connectivity index (χ3n) is 3.01. The lowest BCUT2D eigenvalue weighted by atomic mass is 10.2. The molecular formula is C15H18BrFN2O4. The monoisotopic (exact) mass is 388 g/mol. The van der Waals surface area contributed by atoms with E-state index in [4.69, 9.17) is 5.11 Å². The molecule has 0 heterocycles. The Morgan fingerprint density at radius 1 is 1.30 bits per heavy atom. The molecule has 0 aliphatic rings. The van der Waals surface area contributed by atoms with Gasteiger partial charge in [0.15, 0.2) is 0 Å². The van der Waals surface area contributed by atoms with Gasteiger partial charge in [0, 0.05) is 29.9 Å². The Balaban J connectivity index is 2.35. The third-order valence-corrected chi connectivity index (χ3v) is 3.70. The molecule has 1 aromatic carbocycles. The summed E-state index contributed by atoms with van der Waals surface area (Å²) in [7, 11) is 0. The summed E-state index contributed by atoms with van der Waals surface area (Å²) in [6.07, 6.45) is 0.367. The quantitative estimate of drug-likeness (QED) is 0.635. The average Bonchev–Trinajstić information content (AvgIpc) is 2.47. The Morgan fingerprint density at radius 2 is 2.00 bits per heavy atom. The number of carboxylic acids is 1. The Kier molecular flexibility index (Phi) is 7.67. The van der Waals surface area contributed by atoms with Crippen molar-refractivity contribution in [1.82, 2.24) is 10.6 Å². The highest BCUT2D eigenvalue weighted by Gasteiger charge is 2.12. The molecule has 0 aliphatic heterocycles. The van der Waals surface area contributed by atoms with Crippen LogP contribution >= 0.6 is 15.9 Å². The van der Waals surface area contributed by atoms with Crippen molar-refractivity contribution in [1.29, 1.82) is 0 Å². The van der Waals surface area contributed by atoms with E-state index in [1.54, 1.807) is 6.92 Å². The van der Waals surface area contributed by atoms with Crippen LogP contribution in [-0.4, -0.2) is 35.5 Å². The normalized spacial score (nSPS) is 11.6. The first-order valence-electron chi connectivity index (χ1n) is 7.04. The van der Waals surface area contributed by atoms with Gasteiger partial charge in [0.1, 0.15) is 5.82 Å². The zero-order chi connectivity index (χ0) is 17.4. The average molecular weight is 389 g/mol. The first kappa shape index (κ1) is 19.1. The van der Waals surface area contributed by atoms with Gasteiger partial charge in [-0.2, -0.15) is 0 Å². The van der Waals surface area contributed by atoms with Crippen LogP contribution in [0.3, 0.4) is 0 Å². The van der Waals surface area contributed by atoms with Crippen LogP contribution in [0, 0.1) is 5.82 Å². The molecule has 1 atom stereocenters. The third kappa shape index (κ3) is 7.23. The first-order chi connectivity index (χ1) is 10.8. The highest BCUT2D eigenvalue weighted by molar-refractivity contribution is 9.10. The van der Waals surface area contributed by atoms with E-state index < -0.39 is 17.7 Å². The number of carbonyl (C=O) groups is 3. The zero-order valence-corrected chi connectivity index (χ0v) is 14.2. The van der Waals surface area contributed by atoms with Crippen molar-refractivity contribution in [2.24, 2.45) is 0 Å². The molecule has 0 saturated carbocycles. The summed E-state index contributed by atoms with van der Waals surface area (Å²) in [5, 5.41) is 13.7. The van der Waals surface area contributed by atoms with Crippen molar-refractivity contribution in [3.63, 3.8) is 0 Å². The fourth-order valence-corrected chi connectivity index (χ4v) is 2.24. The number of carbonyl (C=O) groups excluding carboxylic acids is 2. The Hall–Kier alpha value is -1.96. The minimum absolute atomic E-state index is 0.0220. The smallest absolute Gasteiger partial charge is 0.303 e. The van der Waals surface area contributed by atoms with Gasteiger partial charge in [0.25, 0.3) is 5.91 Å². The summed E-state index contributed by atoms with van der Waals surface area (Å²) in [6, 6.07) is 3.51. The van der Waals surface area contributed by atoms with Gasteiger partial charge in [0.2, 0.25) is 5.91 Å². The molecule has 0 radical (unpaired) electrons. The summed E-state index contributed by atoms with van der Waals surface area (Å²) in [5.74, 6) is -2.22.